The highest BCUT2D eigenvalue weighted by Gasteiger charge is 2.30. The molecule has 3 rings (SSSR count). The van der Waals surface area contributed by atoms with E-state index >= 15 is 0 Å². The second-order valence-electron chi connectivity index (χ2n) is 7.16. The van der Waals surface area contributed by atoms with E-state index in [9.17, 15) is 9.90 Å². The van der Waals surface area contributed by atoms with Gasteiger partial charge in [-0.2, -0.15) is 0 Å². The molecule has 138 valence electrons. The molecule has 2 aliphatic heterocycles. The molecule has 2 heterocycles. The number of urea groups is 1. The van der Waals surface area contributed by atoms with Crippen LogP contribution < -0.4 is 5.32 Å². The number of amides is 2. The zero-order chi connectivity index (χ0) is 17.5. The Morgan fingerprint density at radius 2 is 2.08 bits per heavy atom. The summed E-state index contributed by atoms with van der Waals surface area (Å²) < 4.78 is 5.71. The van der Waals surface area contributed by atoms with Crippen molar-refractivity contribution in [2.45, 2.75) is 63.2 Å². The lowest BCUT2D eigenvalue weighted by atomic mass is 10.0. The molecule has 3 atom stereocenters. The number of carbonyl (C=O) groups excluding carboxylic acids is 1. The summed E-state index contributed by atoms with van der Waals surface area (Å²) in [5.41, 5.74) is 0.921. The number of rotatable bonds is 6. The summed E-state index contributed by atoms with van der Waals surface area (Å²) in [5, 5.41) is 13.5. The summed E-state index contributed by atoms with van der Waals surface area (Å²) in [6.07, 6.45) is 6.71. The van der Waals surface area contributed by atoms with Crippen LogP contribution >= 0.6 is 0 Å². The molecule has 2 N–H and O–H groups in total. The average molecular weight is 346 g/mol. The molecule has 0 radical (unpaired) electrons. The van der Waals surface area contributed by atoms with Gasteiger partial charge < -0.3 is 20.1 Å². The van der Waals surface area contributed by atoms with Crippen molar-refractivity contribution in [1.82, 2.24) is 10.2 Å². The molecule has 1 aromatic carbocycles. The second-order valence-corrected chi connectivity index (χ2v) is 7.16. The lowest BCUT2D eigenvalue weighted by Gasteiger charge is -2.28. The van der Waals surface area contributed by atoms with E-state index in [1.165, 1.54) is 6.42 Å². The van der Waals surface area contributed by atoms with Gasteiger partial charge in [-0.05, 0) is 50.5 Å². The zero-order valence-corrected chi connectivity index (χ0v) is 14.9. The van der Waals surface area contributed by atoms with Crippen LogP contribution in [0.3, 0.4) is 0 Å². The monoisotopic (exact) mass is 346 g/mol. The third-order valence-corrected chi connectivity index (χ3v) is 5.33. The molecule has 0 aromatic heterocycles. The molecule has 2 fully saturated rings. The second kappa shape index (κ2) is 9.20. The minimum absolute atomic E-state index is 0.00132. The van der Waals surface area contributed by atoms with Gasteiger partial charge in [-0.25, -0.2) is 4.79 Å². The lowest BCUT2D eigenvalue weighted by Crippen LogP contribution is -2.44. The van der Waals surface area contributed by atoms with Crippen LogP contribution in [0.4, 0.5) is 4.79 Å². The van der Waals surface area contributed by atoms with Crippen molar-refractivity contribution in [3.05, 3.63) is 35.9 Å². The molecule has 5 nitrogen and oxygen atoms in total. The first-order valence-corrected chi connectivity index (χ1v) is 9.63. The number of aliphatic hydroxyl groups excluding tert-OH is 1. The van der Waals surface area contributed by atoms with Crippen LogP contribution in [0.1, 0.15) is 56.6 Å². The first kappa shape index (κ1) is 18.2. The van der Waals surface area contributed by atoms with E-state index in [1.54, 1.807) is 0 Å². The van der Waals surface area contributed by atoms with Crippen LogP contribution in [0, 0.1) is 0 Å². The maximum absolute atomic E-state index is 12.5. The molecule has 0 bridgehead atoms. The quantitative estimate of drug-likeness (QED) is 0.831. The summed E-state index contributed by atoms with van der Waals surface area (Å²) >= 11 is 0. The number of likely N-dealkylation sites (tertiary alicyclic amines) is 1. The Balaban J connectivity index is 1.44. The molecule has 0 aliphatic carbocycles. The zero-order valence-electron chi connectivity index (χ0n) is 14.9. The Bertz CT molecular complexity index is 531. The minimum atomic E-state index is -0.518. The number of nitrogens with one attached hydrogen (secondary N) is 1. The lowest BCUT2D eigenvalue weighted by molar-refractivity contribution is 0.0118. The van der Waals surface area contributed by atoms with E-state index in [0.29, 0.717) is 19.1 Å². The average Bonchev–Trinajstić information content (AvgIpc) is 3.11. The molecule has 5 heteroatoms. The molecular weight excluding hydrogens is 316 g/mol. The minimum Gasteiger partial charge on any atom is -0.388 e. The highest BCUT2D eigenvalue weighted by atomic mass is 16.5. The van der Waals surface area contributed by atoms with Crippen molar-refractivity contribution >= 4 is 6.03 Å². The van der Waals surface area contributed by atoms with Crippen molar-refractivity contribution < 1.29 is 14.6 Å². The van der Waals surface area contributed by atoms with Gasteiger partial charge in [0.2, 0.25) is 0 Å². The van der Waals surface area contributed by atoms with Crippen molar-refractivity contribution in [3.8, 4) is 0 Å². The van der Waals surface area contributed by atoms with E-state index in [0.717, 1.165) is 50.8 Å². The fraction of sp³-hybridized carbons (Fsp3) is 0.650. The molecular formula is C20H30N2O3. The van der Waals surface area contributed by atoms with Crippen molar-refractivity contribution in [2.75, 3.05) is 19.7 Å². The van der Waals surface area contributed by atoms with E-state index in [2.05, 4.69) is 5.32 Å². The van der Waals surface area contributed by atoms with Crippen LogP contribution in [0.15, 0.2) is 30.3 Å². The van der Waals surface area contributed by atoms with Crippen LogP contribution in [0.5, 0.6) is 0 Å². The third-order valence-electron chi connectivity index (χ3n) is 5.33. The smallest absolute Gasteiger partial charge is 0.317 e. The van der Waals surface area contributed by atoms with Gasteiger partial charge in [-0.15, -0.1) is 0 Å². The number of benzene rings is 1. The molecule has 0 spiro atoms. The SMILES string of the molecule is O=C(NCCC1CCCCO1)N1CCCC1CC(O)c1ccccc1. The van der Waals surface area contributed by atoms with Crippen LogP contribution in [0.2, 0.25) is 0 Å². The fourth-order valence-electron chi connectivity index (χ4n) is 3.89. The van der Waals surface area contributed by atoms with E-state index in [-0.39, 0.29) is 12.1 Å². The van der Waals surface area contributed by atoms with Crippen LogP contribution in [0.25, 0.3) is 0 Å². The number of nitrogens with zero attached hydrogens (tertiary/aromatic N) is 1. The summed E-state index contributed by atoms with van der Waals surface area (Å²) in [5.74, 6) is 0. The summed E-state index contributed by atoms with van der Waals surface area (Å²) in [4.78, 5) is 14.4. The Labute approximate surface area is 150 Å². The maximum Gasteiger partial charge on any atom is 0.317 e. The van der Waals surface area contributed by atoms with E-state index < -0.39 is 6.10 Å². The number of hydrogen-bond donors (Lipinski definition) is 2. The number of ether oxygens (including phenoxy) is 1. The van der Waals surface area contributed by atoms with Crippen LogP contribution in [-0.4, -0.2) is 47.9 Å². The number of carbonyl (C=O) groups is 1. The molecule has 1 aromatic rings. The Morgan fingerprint density at radius 3 is 2.84 bits per heavy atom. The first-order chi connectivity index (χ1) is 12.2. The van der Waals surface area contributed by atoms with Crippen LogP contribution in [-0.2, 0) is 4.74 Å². The van der Waals surface area contributed by atoms with Crippen molar-refractivity contribution in [1.29, 1.82) is 0 Å². The largest absolute Gasteiger partial charge is 0.388 e. The molecule has 2 aliphatic rings. The predicted molar refractivity (Wildman–Crippen MR) is 97.4 cm³/mol. The maximum atomic E-state index is 12.5. The Morgan fingerprint density at radius 1 is 1.24 bits per heavy atom. The highest BCUT2D eigenvalue weighted by molar-refractivity contribution is 5.74. The van der Waals surface area contributed by atoms with Gasteiger partial charge in [0.1, 0.15) is 0 Å². The molecule has 2 saturated heterocycles. The fourth-order valence-corrected chi connectivity index (χ4v) is 3.89. The Kier molecular flexibility index (Phi) is 6.70. The molecule has 25 heavy (non-hydrogen) atoms. The molecule has 3 unspecified atom stereocenters. The van der Waals surface area contributed by atoms with Crippen molar-refractivity contribution in [3.63, 3.8) is 0 Å². The van der Waals surface area contributed by atoms with Gasteiger partial charge >= 0.3 is 6.03 Å². The number of hydrogen-bond acceptors (Lipinski definition) is 3. The standard InChI is InChI=1S/C20H30N2O3/c23-19(16-7-2-1-3-8-16)15-17-9-6-13-22(17)20(24)21-12-11-18-10-4-5-14-25-18/h1-3,7-8,17-19,23H,4-6,9-15H2,(H,21,24). The number of aliphatic hydroxyl groups is 1. The third kappa shape index (κ3) is 5.19. The predicted octanol–water partition coefficient (Wildman–Crippen LogP) is 3.24. The molecule has 0 saturated carbocycles. The molecule has 2 amide bonds. The summed E-state index contributed by atoms with van der Waals surface area (Å²) in [6.45, 7) is 2.29. The van der Waals surface area contributed by atoms with Gasteiger partial charge in [-0.1, -0.05) is 30.3 Å². The van der Waals surface area contributed by atoms with E-state index in [4.69, 9.17) is 4.74 Å². The normalized spacial score (nSPS) is 24.9. The Hall–Kier alpha value is -1.59. The van der Waals surface area contributed by atoms with Gasteiger partial charge in [-0.3, -0.25) is 0 Å². The highest BCUT2D eigenvalue weighted by Crippen LogP contribution is 2.27. The summed E-state index contributed by atoms with van der Waals surface area (Å²) in [6, 6.07) is 9.81. The first-order valence-electron chi connectivity index (χ1n) is 9.63. The van der Waals surface area contributed by atoms with Gasteiger partial charge in [0, 0.05) is 25.7 Å². The van der Waals surface area contributed by atoms with Gasteiger partial charge in [0.05, 0.1) is 12.2 Å². The van der Waals surface area contributed by atoms with Crippen molar-refractivity contribution in [2.24, 2.45) is 0 Å². The topological polar surface area (TPSA) is 61.8 Å². The van der Waals surface area contributed by atoms with E-state index in [1.807, 2.05) is 35.2 Å². The van der Waals surface area contributed by atoms with Gasteiger partial charge in [0.25, 0.3) is 0 Å². The van der Waals surface area contributed by atoms with Gasteiger partial charge in [0.15, 0.2) is 0 Å². The summed E-state index contributed by atoms with van der Waals surface area (Å²) in [7, 11) is 0.